The molecule has 0 radical (unpaired) electrons. The fourth-order valence-corrected chi connectivity index (χ4v) is 12.9. The smallest absolute Gasteiger partial charge is 0.326 e. The summed E-state index contributed by atoms with van der Waals surface area (Å²) in [6, 6.07) is -7.15. The number of amides is 13. The second kappa shape index (κ2) is 40.4. The molecular formula is C66H102N20O16. The number of fused-ring (bicyclic) bond motifs is 1. The minimum atomic E-state index is -1.82. The standard InChI is InChI=1S/C66H102N20O16/c1-37(2)33-45(81-55(92)41(20-10-28-72-65(68)69)78-60(97)49-23-13-31-85(49)63(100)44(21-11-29-73-66(70)71)79-56(93)42-25-26-51(88)75-42)57(94)83-47(36-87)58(95)77-40-17-6-7-19-43(62(99)86-32-14-24-50(86)61(98)82-46(64(101)102)34-38-15-4-3-5-16-38)80-59(96)48-22-12-30-84(48)52(89)35-74-53(90)39(76-54(40)91)18-8-9-27-67/h3-7,15-16,37,39-50,87H,8-14,17-36,67H2,1-2H3,(H,74,90)(H,75,88)(H,76,91)(H,77,95)(H,78,97)(H,79,93)(H,80,96)(H,81,92)(H,82,98)(H,83,94)(H,101,102)(H4,68,69,72)(H4,70,71,73)/b7-6-/t39-,40-,41-,42-,43-,44-,45-,46-,47-,48-,49-,50-/m0/s1. The average molecular weight is 1430 g/mol. The Morgan fingerprint density at radius 1 is 0.618 bits per heavy atom. The molecule has 5 aliphatic heterocycles. The molecule has 12 atom stereocenters. The Morgan fingerprint density at radius 2 is 1.22 bits per heavy atom. The van der Waals surface area contributed by atoms with Crippen LogP contribution in [0.4, 0.5) is 0 Å². The van der Waals surface area contributed by atoms with Gasteiger partial charge < -0.3 is 107 Å². The van der Waals surface area contributed by atoms with Crippen LogP contribution in [-0.4, -0.2) is 245 Å². The number of carbonyl (C=O) groups is 14. The summed E-state index contributed by atoms with van der Waals surface area (Å²) in [6.45, 7) is 2.43. The number of hydrogen-bond acceptors (Lipinski definition) is 18. The van der Waals surface area contributed by atoms with Crippen molar-refractivity contribution >= 4 is 94.7 Å². The molecule has 0 saturated carbocycles. The molecule has 5 aliphatic rings. The fourth-order valence-electron chi connectivity index (χ4n) is 12.9. The predicted molar refractivity (Wildman–Crippen MR) is 369 cm³/mol. The van der Waals surface area contributed by atoms with Gasteiger partial charge in [0, 0.05) is 45.6 Å². The average Bonchev–Trinajstić information content (AvgIpc) is 1.64. The third-order valence-electron chi connectivity index (χ3n) is 18.2. The molecule has 102 heavy (non-hydrogen) atoms. The summed E-state index contributed by atoms with van der Waals surface area (Å²) in [7, 11) is 0. The highest BCUT2D eigenvalue weighted by molar-refractivity contribution is 6.00. The van der Waals surface area contributed by atoms with Crippen LogP contribution in [0.15, 0.2) is 52.5 Å². The van der Waals surface area contributed by atoms with E-state index in [0.717, 1.165) is 0 Å². The van der Waals surface area contributed by atoms with E-state index in [1.165, 1.54) is 26.9 Å². The number of unbranched alkanes of at least 4 members (excludes halogenated alkanes) is 1. The van der Waals surface area contributed by atoms with Gasteiger partial charge in [-0.3, -0.25) is 72.3 Å². The van der Waals surface area contributed by atoms with E-state index in [-0.39, 0.29) is 153 Å². The molecule has 0 aliphatic carbocycles. The van der Waals surface area contributed by atoms with E-state index < -0.39 is 163 Å². The SMILES string of the molecule is CC(C)C[C@H](NC(=O)[C@H](CCCN=C(N)N)NC(=O)[C@@H]1CCCN1C(=O)[C@H](CCCN=C(N)N)NC(=O)[C@@H]1CCC(=O)N1)C(=O)N[C@@H](CO)C(=O)N[C@H]1C/C=C\C[C@@H](C(=O)N2CCC[C@H]2C(=O)N[C@@H](Cc2ccccc2)C(=O)O)NC(=O)[C@@H]2CCCN2C(=O)CNC(=O)[C@H](CCCCN)NC1=O. The van der Waals surface area contributed by atoms with Gasteiger partial charge in [-0.25, -0.2) is 4.79 Å². The van der Waals surface area contributed by atoms with Gasteiger partial charge in [0.2, 0.25) is 76.8 Å². The minimum Gasteiger partial charge on any atom is -0.480 e. The van der Waals surface area contributed by atoms with Crippen molar-refractivity contribution in [1.82, 2.24) is 67.9 Å². The van der Waals surface area contributed by atoms with Gasteiger partial charge in [0.1, 0.15) is 72.5 Å². The summed E-state index contributed by atoms with van der Waals surface area (Å²) in [5.41, 5.74) is 28.6. The van der Waals surface area contributed by atoms with Crippen LogP contribution in [0.2, 0.25) is 0 Å². The normalized spacial score (nSPS) is 22.9. The predicted octanol–water partition coefficient (Wildman–Crippen LogP) is -5.82. The number of aliphatic hydroxyl groups excluding tert-OH is 1. The molecule has 4 fully saturated rings. The summed E-state index contributed by atoms with van der Waals surface area (Å²) >= 11 is 0. The van der Waals surface area contributed by atoms with Crippen molar-refractivity contribution in [2.24, 2.45) is 44.6 Å². The van der Waals surface area contributed by atoms with Crippen molar-refractivity contribution in [3.63, 3.8) is 0 Å². The molecule has 4 saturated heterocycles. The second-order valence-electron chi connectivity index (χ2n) is 26.5. The van der Waals surface area contributed by atoms with E-state index in [2.05, 4.69) is 63.2 Å². The Hall–Kier alpha value is -10.00. The summed E-state index contributed by atoms with van der Waals surface area (Å²) < 4.78 is 0. The van der Waals surface area contributed by atoms with Gasteiger partial charge in [0.15, 0.2) is 11.9 Å². The number of aliphatic hydroxyl groups is 1. The van der Waals surface area contributed by atoms with Crippen molar-refractivity contribution in [2.75, 3.05) is 52.4 Å². The van der Waals surface area contributed by atoms with Gasteiger partial charge >= 0.3 is 5.97 Å². The Balaban J connectivity index is 1.22. The van der Waals surface area contributed by atoms with Crippen LogP contribution in [0.1, 0.15) is 135 Å². The third-order valence-corrected chi connectivity index (χ3v) is 18.2. The van der Waals surface area contributed by atoms with Crippen LogP contribution in [0.5, 0.6) is 0 Å². The zero-order chi connectivity index (χ0) is 74.6. The quantitative estimate of drug-likeness (QED) is 0.0138. The molecule has 6 rings (SSSR count). The van der Waals surface area contributed by atoms with E-state index >= 15 is 0 Å². The number of carbonyl (C=O) groups excluding carboxylic acids is 13. The van der Waals surface area contributed by atoms with Crippen LogP contribution in [0.3, 0.4) is 0 Å². The Labute approximate surface area is 591 Å². The first-order valence-electron chi connectivity index (χ1n) is 34.9. The van der Waals surface area contributed by atoms with Crippen LogP contribution >= 0.6 is 0 Å². The van der Waals surface area contributed by atoms with E-state index in [1.54, 1.807) is 44.2 Å². The highest BCUT2D eigenvalue weighted by atomic mass is 16.4. The van der Waals surface area contributed by atoms with Crippen molar-refractivity contribution in [3.8, 4) is 0 Å². The highest BCUT2D eigenvalue weighted by Crippen LogP contribution is 2.24. The number of hydrogen-bond donors (Lipinski definition) is 17. The van der Waals surface area contributed by atoms with Crippen LogP contribution < -0.4 is 81.8 Å². The van der Waals surface area contributed by atoms with Gasteiger partial charge in [-0.15, -0.1) is 0 Å². The van der Waals surface area contributed by atoms with Gasteiger partial charge in [0.25, 0.3) is 0 Å². The fraction of sp³-hybridized carbons (Fsp3) is 0.636. The zero-order valence-corrected chi connectivity index (χ0v) is 57.9. The third kappa shape index (κ3) is 24.7. The highest BCUT2D eigenvalue weighted by Gasteiger charge is 2.44. The lowest BCUT2D eigenvalue weighted by atomic mass is 10.0. The molecule has 36 nitrogen and oxygen atoms in total. The van der Waals surface area contributed by atoms with Crippen molar-refractivity contribution < 1.29 is 77.3 Å². The lowest BCUT2D eigenvalue weighted by molar-refractivity contribution is -0.145. The van der Waals surface area contributed by atoms with Crippen molar-refractivity contribution in [2.45, 2.75) is 208 Å². The molecule has 22 N–H and O–H groups in total. The molecule has 0 bridgehead atoms. The van der Waals surface area contributed by atoms with Gasteiger partial charge in [-0.05, 0) is 127 Å². The molecule has 0 unspecified atom stereocenters. The molecular weight excluding hydrogens is 1330 g/mol. The topological polar surface area (TPSA) is 564 Å². The first kappa shape index (κ1) is 81.0. The Bertz CT molecular complexity index is 3240. The summed E-state index contributed by atoms with van der Waals surface area (Å²) in [4.78, 5) is 207. The van der Waals surface area contributed by atoms with Gasteiger partial charge in [-0.2, -0.15) is 0 Å². The number of carboxylic acid groups (broad SMARTS) is 1. The van der Waals surface area contributed by atoms with Gasteiger partial charge in [0.05, 0.1) is 13.2 Å². The maximum atomic E-state index is 14.7. The van der Waals surface area contributed by atoms with E-state index in [4.69, 9.17) is 28.7 Å². The molecule has 13 amide bonds. The first-order chi connectivity index (χ1) is 48.7. The lowest BCUT2D eigenvalue weighted by Gasteiger charge is -2.31. The molecule has 5 heterocycles. The van der Waals surface area contributed by atoms with Crippen LogP contribution in [0, 0.1) is 5.92 Å². The molecule has 562 valence electrons. The largest absolute Gasteiger partial charge is 0.480 e. The zero-order valence-electron chi connectivity index (χ0n) is 57.9. The summed E-state index contributed by atoms with van der Waals surface area (Å²) in [5, 5.41) is 47.1. The maximum absolute atomic E-state index is 14.7. The Kier molecular flexibility index (Phi) is 32.1. The van der Waals surface area contributed by atoms with Crippen molar-refractivity contribution in [1.29, 1.82) is 0 Å². The number of nitrogens with two attached hydrogens (primary N) is 5. The molecule has 1 aromatic rings. The number of aliphatic imine (C=N–C) groups is 2. The van der Waals surface area contributed by atoms with Crippen LogP contribution in [0.25, 0.3) is 0 Å². The second-order valence-corrected chi connectivity index (χ2v) is 26.5. The number of likely N-dealkylation sites (tertiary alicyclic amines) is 2. The lowest BCUT2D eigenvalue weighted by Crippen LogP contribution is -2.60. The number of aliphatic carboxylic acids is 1. The van der Waals surface area contributed by atoms with E-state index in [1.807, 2.05) is 0 Å². The number of benzene rings is 1. The summed E-state index contributed by atoms with van der Waals surface area (Å²) in [5.74, 6) is -11.9. The maximum Gasteiger partial charge on any atom is 0.326 e. The molecule has 36 heteroatoms. The molecule has 1 aromatic carbocycles. The van der Waals surface area contributed by atoms with Gasteiger partial charge in [-0.1, -0.05) is 56.3 Å². The number of nitrogens with zero attached hydrogens (tertiary/aromatic N) is 5. The molecule has 0 aromatic heterocycles. The number of guanidine groups is 2. The number of nitrogens with one attached hydrogen (secondary N) is 10. The Morgan fingerprint density at radius 3 is 1.83 bits per heavy atom. The van der Waals surface area contributed by atoms with Crippen LogP contribution in [-0.2, 0) is 73.5 Å². The minimum absolute atomic E-state index is 0.00743. The monoisotopic (exact) mass is 1430 g/mol. The number of rotatable bonds is 32. The molecule has 0 spiro atoms. The van der Waals surface area contributed by atoms with E-state index in [0.29, 0.717) is 37.7 Å². The van der Waals surface area contributed by atoms with Crippen molar-refractivity contribution in [3.05, 3.63) is 48.0 Å². The first-order valence-corrected chi connectivity index (χ1v) is 34.9. The number of carboxylic acids is 1. The summed E-state index contributed by atoms with van der Waals surface area (Å²) in [6.07, 6.45) is 5.07. The van der Waals surface area contributed by atoms with E-state index in [9.17, 15) is 77.3 Å².